The van der Waals surface area contributed by atoms with Crippen molar-refractivity contribution in [3.8, 4) is 0 Å². The predicted octanol–water partition coefficient (Wildman–Crippen LogP) is 1.66. The number of carbonyl (C=O) groups is 1. The molecule has 1 aromatic heterocycles. The van der Waals surface area contributed by atoms with Gasteiger partial charge in [0.05, 0.1) is 12.3 Å². The van der Waals surface area contributed by atoms with E-state index in [1.54, 1.807) is 19.2 Å². The average Bonchev–Trinajstić information content (AvgIpc) is 2.48. The van der Waals surface area contributed by atoms with E-state index < -0.39 is 0 Å². The fourth-order valence-corrected chi connectivity index (χ4v) is 1.33. The molecule has 1 heterocycles. The Morgan fingerprint density at radius 1 is 1.57 bits per heavy atom. The number of anilines is 1. The predicted molar refractivity (Wildman–Crippen MR) is 55.1 cm³/mol. The molecule has 0 saturated heterocycles. The van der Waals surface area contributed by atoms with Crippen molar-refractivity contribution in [2.24, 2.45) is 0 Å². The highest BCUT2D eigenvalue weighted by atomic mass is 16.5. The third kappa shape index (κ3) is 2.28. The van der Waals surface area contributed by atoms with E-state index in [-0.39, 0.29) is 5.97 Å². The maximum atomic E-state index is 11.5. The van der Waals surface area contributed by atoms with Crippen molar-refractivity contribution in [1.82, 2.24) is 4.57 Å². The van der Waals surface area contributed by atoms with Crippen LogP contribution in [-0.2, 0) is 11.3 Å². The van der Waals surface area contributed by atoms with Crippen LogP contribution in [0.5, 0.6) is 0 Å². The quantitative estimate of drug-likeness (QED) is 0.745. The molecule has 0 aromatic carbocycles. The Bertz CT molecular complexity index is 318. The van der Waals surface area contributed by atoms with E-state index in [2.05, 4.69) is 0 Å². The number of nitrogen functional groups attached to an aromatic ring is 1. The lowest BCUT2D eigenvalue weighted by atomic mass is 10.4. The summed E-state index contributed by atoms with van der Waals surface area (Å²) in [5.74, 6) is -0.308. The molecule has 0 fully saturated rings. The molecule has 0 radical (unpaired) electrons. The van der Waals surface area contributed by atoms with Gasteiger partial charge in [-0.2, -0.15) is 0 Å². The second kappa shape index (κ2) is 4.69. The van der Waals surface area contributed by atoms with Crippen molar-refractivity contribution in [1.29, 1.82) is 0 Å². The molecule has 0 unspecified atom stereocenters. The summed E-state index contributed by atoms with van der Waals surface area (Å²) in [7, 11) is 0. The van der Waals surface area contributed by atoms with Crippen LogP contribution in [-0.4, -0.2) is 17.1 Å². The zero-order valence-corrected chi connectivity index (χ0v) is 8.62. The van der Waals surface area contributed by atoms with Gasteiger partial charge in [-0.3, -0.25) is 0 Å². The number of aryl methyl sites for hydroxylation is 1. The highest BCUT2D eigenvalue weighted by Gasteiger charge is 2.12. The van der Waals surface area contributed by atoms with E-state index >= 15 is 0 Å². The lowest BCUT2D eigenvalue weighted by molar-refractivity contribution is 0.0513. The Morgan fingerprint density at radius 2 is 2.29 bits per heavy atom. The number of nitrogens with two attached hydrogens (primary N) is 1. The van der Waals surface area contributed by atoms with Crippen LogP contribution >= 0.6 is 0 Å². The minimum absolute atomic E-state index is 0.308. The number of rotatable bonds is 4. The topological polar surface area (TPSA) is 57.2 Å². The number of ether oxygens (including phenoxy) is 1. The smallest absolute Gasteiger partial charge is 0.355 e. The highest BCUT2D eigenvalue weighted by molar-refractivity contribution is 5.89. The van der Waals surface area contributed by atoms with Gasteiger partial charge in [-0.25, -0.2) is 4.79 Å². The fourth-order valence-electron chi connectivity index (χ4n) is 1.33. The summed E-state index contributed by atoms with van der Waals surface area (Å²) in [6, 6.07) is 1.65. The van der Waals surface area contributed by atoms with E-state index in [9.17, 15) is 4.79 Å². The Hall–Kier alpha value is -1.45. The third-order valence-corrected chi connectivity index (χ3v) is 1.87. The third-order valence-electron chi connectivity index (χ3n) is 1.87. The molecule has 4 heteroatoms. The van der Waals surface area contributed by atoms with Gasteiger partial charge in [0.2, 0.25) is 0 Å². The van der Waals surface area contributed by atoms with E-state index in [0.29, 0.717) is 18.0 Å². The zero-order valence-electron chi connectivity index (χ0n) is 8.62. The van der Waals surface area contributed by atoms with Crippen LogP contribution in [0.4, 0.5) is 5.69 Å². The van der Waals surface area contributed by atoms with Crippen LogP contribution in [0.25, 0.3) is 0 Å². The summed E-state index contributed by atoms with van der Waals surface area (Å²) in [4.78, 5) is 11.5. The highest BCUT2D eigenvalue weighted by Crippen LogP contribution is 2.12. The molecule has 0 amide bonds. The average molecular weight is 196 g/mol. The first-order chi connectivity index (χ1) is 6.69. The second-order valence-electron chi connectivity index (χ2n) is 3.07. The molecular formula is C10H16N2O2. The van der Waals surface area contributed by atoms with Gasteiger partial charge in [0.1, 0.15) is 5.69 Å². The Morgan fingerprint density at radius 3 is 2.86 bits per heavy atom. The number of esters is 1. The van der Waals surface area contributed by atoms with Gasteiger partial charge < -0.3 is 15.0 Å². The largest absolute Gasteiger partial charge is 0.461 e. The molecule has 0 aliphatic carbocycles. The van der Waals surface area contributed by atoms with Crippen LogP contribution in [0.1, 0.15) is 30.8 Å². The van der Waals surface area contributed by atoms with Crippen LogP contribution in [0.15, 0.2) is 12.3 Å². The summed E-state index contributed by atoms with van der Waals surface area (Å²) in [5.41, 5.74) is 6.75. The molecule has 78 valence electrons. The number of nitrogens with zero attached hydrogens (tertiary/aromatic N) is 1. The molecule has 0 aliphatic heterocycles. The standard InChI is InChI=1S/C10H16N2O2/c1-3-5-12-7-8(11)6-9(12)10(13)14-4-2/h6-7H,3-5,11H2,1-2H3. The van der Waals surface area contributed by atoms with Crippen molar-refractivity contribution in [3.63, 3.8) is 0 Å². The van der Waals surface area contributed by atoms with Gasteiger partial charge in [-0.15, -0.1) is 0 Å². The summed E-state index contributed by atoms with van der Waals surface area (Å²) >= 11 is 0. The maximum absolute atomic E-state index is 11.5. The molecule has 0 bridgehead atoms. The summed E-state index contributed by atoms with van der Waals surface area (Å²) in [6.07, 6.45) is 2.72. The van der Waals surface area contributed by atoms with Gasteiger partial charge in [0.15, 0.2) is 0 Å². The second-order valence-corrected chi connectivity index (χ2v) is 3.07. The summed E-state index contributed by atoms with van der Waals surface area (Å²) in [5, 5.41) is 0. The normalized spacial score (nSPS) is 10.1. The molecular weight excluding hydrogens is 180 g/mol. The Balaban J connectivity index is 2.88. The van der Waals surface area contributed by atoms with Crippen LogP contribution in [0.3, 0.4) is 0 Å². The Kier molecular flexibility index (Phi) is 3.56. The summed E-state index contributed by atoms with van der Waals surface area (Å²) in [6.45, 7) is 5.00. The van der Waals surface area contributed by atoms with Gasteiger partial charge >= 0.3 is 5.97 Å². The molecule has 0 spiro atoms. The van der Waals surface area contributed by atoms with E-state index in [1.807, 2.05) is 11.5 Å². The lowest BCUT2D eigenvalue weighted by Crippen LogP contribution is -2.11. The van der Waals surface area contributed by atoms with Crippen LogP contribution < -0.4 is 5.73 Å². The first kappa shape index (κ1) is 10.6. The van der Waals surface area contributed by atoms with Crippen molar-refractivity contribution >= 4 is 11.7 Å². The van der Waals surface area contributed by atoms with Crippen molar-refractivity contribution in [2.75, 3.05) is 12.3 Å². The minimum Gasteiger partial charge on any atom is -0.461 e. The first-order valence-corrected chi connectivity index (χ1v) is 4.81. The molecule has 14 heavy (non-hydrogen) atoms. The molecule has 1 aromatic rings. The fraction of sp³-hybridized carbons (Fsp3) is 0.500. The van der Waals surface area contributed by atoms with Crippen molar-refractivity contribution in [3.05, 3.63) is 18.0 Å². The SMILES string of the molecule is CCCn1cc(N)cc1C(=O)OCC. The van der Waals surface area contributed by atoms with Gasteiger partial charge in [0.25, 0.3) is 0 Å². The zero-order chi connectivity index (χ0) is 10.6. The number of aromatic nitrogens is 1. The molecule has 2 N–H and O–H groups in total. The Labute approximate surface area is 83.7 Å². The van der Waals surface area contributed by atoms with Crippen molar-refractivity contribution < 1.29 is 9.53 Å². The lowest BCUT2D eigenvalue weighted by Gasteiger charge is -2.05. The van der Waals surface area contributed by atoms with E-state index in [1.165, 1.54) is 0 Å². The van der Waals surface area contributed by atoms with Gasteiger partial charge in [0, 0.05) is 12.7 Å². The van der Waals surface area contributed by atoms with Gasteiger partial charge in [-0.05, 0) is 19.4 Å². The summed E-state index contributed by atoms with van der Waals surface area (Å²) < 4.78 is 6.74. The molecule has 0 saturated carbocycles. The monoisotopic (exact) mass is 196 g/mol. The minimum atomic E-state index is -0.308. The first-order valence-electron chi connectivity index (χ1n) is 4.81. The number of hydrogen-bond donors (Lipinski definition) is 1. The molecule has 0 aliphatic rings. The molecule has 1 rings (SSSR count). The number of carbonyl (C=O) groups excluding carboxylic acids is 1. The van der Waals surface area contributed by atoms with Crippen LogP contribution in [0.2, 0.25) is 0 Å². The van der Waals surface area contributed by atoms with Gasteiger partial charge in [-0.1, -0.05) is 6.92 Å². The molecule has 0 atom stereocenters. The molecule has 4 nitrogen and oxygen atoms in total. The van der Waals surface area contributed by atoms with E-state index in [4.69, 9.17) is 10.5 Å². The number of hydrogen-bond acceptors (Lipinski definition) is 3. The maximum Gasteiger partial charge on any atom is 0.355 e. The van der Waals surface area contributed by atoms with E-state index in [0.717, 1.165) is 13.0 Å². The van der Waals surface area contributed by atoms with Crippen molar-refractivity contribution in [2.45, 2.75) is 26.8 Å². The van der Waals surface area contributed by atoms with Crippen LogP contribution in [0, 0.1) is 0 Å².